The summed E-state index contributed by atoms with van der Waals surface area (Å²) in [7, 11) is 1.59. The van der Waals surface area contributed by atoms with E-state index in [1.807, 2.05) is 24.3 Å². The van der Waals surface area contributed by atoms with E-state index in [-0.39, 0.29) is 12.6 Å². The number of aromatic amines is 1. The van der Waals surface area contributed by atoms with Gasteiger partial charge in [-0.1, -0.05) is 0 Å². The maximum absolute atomic E-state index is 12.2. The lowest BCUT2D eigenvalue weighted by atomic mass is 10.1. The lowest BCUT2D eigenvalue weighted by molar-refractivity contribution is 0.104. The van der Waals surface area contributed by atoms with E-state index in [2.05, 4.69) is 10.2 Å². The zero-order chi connectivity index (χ0) is 17.9. The van der Waals surface area contributed by atoms with Gasteiger partial charge in [-0.2, -0.15) is 5.10 Å². The Hall–Kier alpha value is -3.54. The van der Waals surface area contributed by atoms with Gasteiger partial charge in [-0.05, 0) is 60.7 Å². The molecule has 0 saturated carbocycles. The minimum atomic E-state index is -0.0908. The smallest absolute Gasteiger partial charge is 0.231 e. The summed E-state index contributed by atoms with van der Waals surface area (Å²) in [6, 6.07) is 14.5. The van der Waals surface area contributed by atoms with Crippen LogP contribution in [0.3, 0.4) is 0 Å². The molecule has 26 heavy (non-hydrogen) atoms. The summed E-state index contributed by atoms with van der Waals surface area (Å²) in [6.07, 6.45) is 3.22. The van der Waals surface area contributed by atoms with E-state index >= 15 is 0 Å². The first-order chi connectivity index (χ1) is 12.7. The van der Waals surface area contributed by atoms with Crippen LogP contribution in [0.2, 0.25) is 0 Å². The fraction of sp³-hybridized carbons (Fsp3) is 0.100. The van der Waals surface area contributed by atoms with Crippen LogP contribution in [0.5, 0.6) is 17.2 Å². The van der Waals surface area contributed by atoms with Gasteiger partial charge in [0, 0.05) is 11.1 Å². The largest absolute Gasteiger partial charge is 0.497 e. The number of carbonyl (C=O) groups is 1. The SMILES string of the molecule is COc1ccc(C(=O)/C=C/c2cc(-c3ccc4c(c3)OCO4)n[nH]2)cc1. The number of hydrogen-bond donors (Lipinski definition) is 1. The molecule has 0 unspecified atom stereocenters. The van der Waals surface area contributed by atoms with Crippen molar-refractivity contribution in [2.75, 3.05) is 13.9 Å². The van der Waals surface area contributed by atoms with Crippen molar-refractivity contribution in [1.29, 1.82) is 0 Å². The van der Waals surface area contributed by atoms with Crippen LogP contribution < -0.4 is 14.2 Å². The molecule has 0 aliphatic carbocycles. The topological polar surface area (TPSA) is 73.4 Å². The monoisotopic (exact) mass is 348 g/mol. The van der Waals surface area contributed by atoms with Crippen LogP contribution in [0.15, 0.2) is 54.6 Å². The Labute approximate surface area is 150 Å². The van der Waals surface area contributed by atoms with E-state index in [9.17, 15) is 4.79 Å². The molecule has 4 rings (SSSR count). The molecule has 1 aliphatic heterocycles. The number of methoxy groups -OCH3 is 1. The average molecular weight is 348 g/mol. The quantitative estimate of drug-likeness (QED) is 0.562. The second-order valence-electron chi connectivity index (χ2n) is 5.70. The summed E-state index contributed by atoms with van der Waals surface area (Å²) in [4.78, 5) is 12.2. The number of ether oxygens (including phenoxy) is 3. The highest BCUT2D eigenvalue weighted by molar-refractivity contribution is 6.06. The Kier molecular flexibility index (Phi) is 4.15. The summed E-state index contributed by atoms with van der Waals surface area (Å²) < 4.78 is 15.8. The van der Waals surface area contributed by atoms with E-state index in [0.29, 0.717) is 17.1 Å². The molecule has 2 heterocycles. The van der Waals surface area contributed by atoms with Crippen LogP contribution in [0.25, 0.3) is 17.3 Å². The molecule has 0 fully saturated rings. The molecule has 2 aromatic carbocycles. The minimum absolute atomic E-state index is 0.0908. The number of rotatable bonds is 5. The molecule has 1 aromatic heterocycles. The van der Waals surface area contributed by atoms with Crippen molar-refractivity contribution in [3.63, 3.8) is 0 Å². The van der Waals surface area contributed by atoms with E-state index in [4.69, 9.17) is 14.2 Å². The van der Waals surface area contributed by atoms with Gasteiger partial charge in [-0.15, -0.1) is 0 Å². The molecule has 0 bridgehead atoms. The molecule has 130 valence electrons. The number of ketones is 1. The highest BCUT2D eigenvalue weighted by atomic mass is 16.7. The number of benzene rings is 2. The van der Waals surface area contributed by atoms with Gasteiger partial charge in [0.05, 0.1) is 18.5 Å². The number of nitrogens with one attached hydrogen (secondary N) is 1. The summed E-state index contributed by atoms with van der Waals surface area (Å²) >= 11 is 0. The Morgan fingerprint density at radius 3 is 2.73 bits per heavy atom. The van der Waals surface area contributed by atoms with Crippen LogP contribution >= 0.6 is 0 Å². The second-order valence-corrected chi connectivity index (χ2v) is 5.70. The fourth-order valence-electron chi connectivity index (χ4n) is 2.64. The number of H-pyrrole nitrogens is 1. The van der Waals surface area contributed by atoms with Gasteiger partial charge in [0.25, 0.3) is 0 Å². The van der Waals surface area contributed by atoms with Crippen molar-refractivity contribution in [3.8, 4) is 28.5 Å². The van der Waals surface area contributed by atoms with Gasteiger partial charge < -0.3 is 14.2 Å². The third-order valence-electron chi connectivity index (χ3n) is 4.05. The minimum Gasteiger partial charge on any atom is -0.497 e. The van der Waals surface area contributed by atoms with Crippen LogP contribution in [0, 0.1) is 0 Å². The van der Waals surface area contributed by atoms with Crippen molar-refractivity contribution >= 4 is 11.9 Å². The second kappa shape index (κ2) is 6.76. The maximum atomic E-state index is 12.2. The van der Waals surface area contributed by atoms with Crippen molar-refractivity contribution in [1.82, 2.24) is 10.2 Å². The summed E-state index contributed by atoms with van der Waals surface area (Å²) in [6.45, 7) is 0.237. The number of aromatic nitrogens is 2. The zero-order valence-corrected chi connectivity index (χ0v) is 14.1. The Bertz CT molecular complexity index is 974. The molecule has 0 amide bonds. The van der Waals surface area contributed by atoms with E-state index in [0.717, 1.165) is 22.7 Å². The van der Waals surface area contributed by atoms with Gasteiger partial charge in [-0.25, -0.2) is 0 Å². The van der Waals surface area contributed by atoms with Crippen LogP contribution in [0.4, 0.5) is 0 Å². The summed E-state index contributed by atoms with van der Waals surface area (Å²) in [5.41, 5.74) is 3.00. The van der Waals surface area contributed by atoms with Gasteiger partial charge in [0.1, 0.15) is 5.75 Å². The molecule has 0 radical (unpaired) electrons. The zero-order valence-electron chi connectivity index (χ0n) is 14.1. The van der Waals surface area contributed by atoms with Crippen molar-refractivity contribution in [2.45, 2.75) is 0 Å². The van der Waals surface area contributed by atoms with E-state index in [1.165, 1.54) is 6.08 Å². The fourth-order valence-corrected chi connectivity index (χ4v) is 2.64. The third kappa shape index (κ3) is 3.17. The predicted molar refractivity (Wildman–Crippen MR) is 96.5 cm³/mol. The molecular formula is C20H16N2O4. The first kappa shape index (κ1) is 16.0. The predicted octanol–water partition coefficient (Wildman–Crippen LogP) is 3.71. The molecule has 0 atom stereocenters. The van der Waals surface area contributed by atoms with Crippen molar-refractivity contribution in [3.05, 3.63) is 65.9 Å². The summed E-state index contributed by atoms with van der Waals surface area (Å²) in [5.74, 6) is 2.06. The lowest BCUT2D eigenvalue weighted by Crippen LogP contribution is -1.94. The standard InChI is InChI=1S/C20H16N2O4/c1-24-16-6-2-13(3-7-16)18(23)8-5-15-11-17(22-21-15)14-4-9-19-20(10-14)26-12-25-19/h2-11H,12H2,1H3,(H,21,22)/b8-5+. The molecule has 1 aliphatic rings. The Balaban J connectivity index is 1.49. The van der Waals surface area contributed by atoms with Gasteiger partial charge in [-0.3, -0.25) is 9.89 Å². The first-order valence-corrected chi connectivity index (χ1v) is 8.05. The van der Waals surface area contributed by atoms with E-state index in [1.54, 1.807) is 37.5 Å². The van der Waals surface area contributed by atoms with Crippen molar-refractivity contribution < 1.29 is 19.0 Å². The maximum Gasteiger partial charge on any atom is 0.231 e. The number of fused-ring (bicyclic) bond motifs is 1. The van der Waals surface area contributed by atoms with Gasteiger partial charge in [0.2, 0.25) is 6.79 Å². The van der Waals surface area contributed by atoms with Crippen molar-refractivity contribution in [2.24, 2.45) is 0 Å². The highest BCUT2D eigenvalue weighted by Gasteiger charge is 2.14. The summed E-state index contributed by atoms with van der Waals surface area (Å²) in [5, 5.41) is 7.20. The molecular weight excluding hydrogens is 332 g/mol. The van der Waals surface area contributed by atoms with Gasteiger partial charge in [0.15, 0.2) is 17.3 Å². The van der Waals surface area contributed by atoms with Gasteiger partial charge >= 0.3 is 0 Å². The molecule has 1 N–H and O–H groups in total. The number of carbonyl (C=O) groups excluding carboxylic acids is 1. The Morgan fingerprint density at radius 1 is 1.12 bits per heavy atom. The lowest BCUT2D eigenvalue weighted by Gasteiger charge is -1.99. The Morgan fingerprint density at radius 2 is 1.92 bits per heavy atom. The number of hydrogen-bond acceptors (Lipinski definition) is 5. The third-order valence-corrected chi connectivity index (χ3v) is 4.05. The number of allylic oxidation sites excluding steroid dienone is 1. The molecule has 0 saturated heterocycles. The molecule has 6 nitrogen and oxygen atoms in total. The first-order valence-electron chi connectivity index (χ1n) is 8.05. The normalized spacial score (nSPS) is 12.5. The molecule has 0 spiro atoms. The van der Waals surface area contributed by atoms with Crippen LogP contribution in [-0.2, 0) is 0 Å². The van der Waals surface area contributed by atoms with Crippen LogP contribution in [0.1, 0.15) is 16.1 Å². The molecule has 6 heteroatoms. The molecule has 3 aromatic rings. The van der Waals surface area contributed by atoms with Crippen LogP contribution in [-0.4, -0.2) is 29.9 Å². The highest BCUT2D eigenvalue weighted by Crippen LogP contribution is 2.35. The number of nitrogens with zero attached hydrogens (tertiary/aromatic N) is 1. The average Bonchev–Trinajstić information content (AvgIpc) is 3.34. The van der Waals surface area contributed by atoms with E-state index < -0.39 is 0 Å².